The van der Waals surface area contributed by atoms with Crippen LogP contribution in [0.4, 0.5) is 0 Å². The van der Waals surface area contributed by atoms with Crippen LogP contribution in [-0.2, 0) is 9.53 Å². The molecule has 0 aliphatic carbocycles. The van der Waals surface area contributed by atoms with Crippen molar-refractivity contribution in [2.45, 2.75) is 39.3 Å². The number of furan rings is 1. The summed E-state index contributed by atoms with van der Waals surface area (Å²) in [6, 6.07) is 1.93. The zero-order valence-corrected chi connectivity index (χ0v) is 11.8. The predicted octanol–water partition coefficient (Wildman–Crippen LogP) is 1.45. The van der Waals surface area contributed by atoms with Gasteiger partial charge in [-0.05, 0) is 26.8 Å². The number of nitrogens with one attached hydrogen (secondary N) is 2. The lowest BCUT2D eigenvalue weighted by molar-refractivity contribution is -0.125. The summed E-state index contributed by atoms with van der Waals surface area (Å²) in [7, 11) is 0. The molecule has 2 N–H and O–H groups in total. The molecule has 0 bridgehead atoms. The van der Waals surface area contributed by atoms with Gasteiger partial charge in [0.05, 0.1) is 25.2 Å². The lowest BCUT2D eigenvalue weighted by Crippen LogP contribution is -2.41. The van der Waals surface area contributed by atoms with Crippen LogP contribution < -0.4 is 10.6 Å². The first-order chi connectivity index (χ1) is 9.06. The number of aryl methyl sites for hydroxylation is 2. The summed E-state index contributed by atoms with van der Waals surface area (Å²) >= 11 is 0. The van der Waals surface area contributed by atoms with Crippen LogP contribution in [0, 0.1) is 13.8 Å². The molecule has 19 heavy (non-hydrogen) atoms. The SMILES string of the molecule is Cc1cc(C(C)NC(=O)CC2CNCCO2)c(C)o1. The van der Waals surface area contributed by atoms with Crippen LogP contribution in [0.5, 0.6) is 0 Å². The quantitative estimate of drug-likeness (QED) is 0.866. The Morgan fingerprint density at radius 2 is 2.37 bits per heavy atom. The first-order valence-electron chi connectivity index (χ1n) is 6.75. The summed E-state index contributed by atoms with van der Waals surface area (Å²) in [6.45, 7) is 8.07. The second-order valence-electron chi connectivity index (χ2n) is 5.06. The van der Waals surface area contributed by atoms with Gasteiger partial charge in [-0.2, -0.15) is 0 Å². The molecule has 1 aromatic rings. The highest BCUT2D eigenvalue weighted by Gasteiger charge is 2.20. The van der Waals surface area contributed by atoms with Crippen LogP contribution >= 0.6 is 0 Å². The van der Waals surface area contributed by atoms with Gasteiger partial charge in [-0.3, -0.25) is 4.79 Å². The van der Waals surface area contributed by atoms with E-state index in [0.717, 1.165) is 30.2 Å². The molecular weight excluding hydrogens is 244 g/mol. The summed E-state index contributed by atoms with van der Waals surface area (Å²) in [4.78, 5) is 12.0. The number of amides is 1. The van der Waals surface area contributed by atoms with Crippen LogP contribution in [0.1, 0.15) is 36.5 Å². The third-order valence-electron chi connectivity index (χ3n) is 3.34. The molecule has 0 aromatic carbocycles. The minimum Gasteiger partial charge on any atom is -0.466 e. The summed E-state index contributed by atoms with van der Waals surface area (Å²) in [6.07, 6.45) is 0.376. The fraction of sp³-hybridized carbons (Fsp3) is 0.643. The first-order valence-corrected chi connectivity index (χ1v) is 6.75. The second-order valence-corrected chi connectivity index (χ2v) is 5.06. The van der Waals surface area contributed by atoms with Crippen molar-refractivity contribution >= 4 is 5.91 Å². The number of rotatable bonds is 4. The molecule has 0 spiro atoms. The summed E-state index contributed by atoms with van der Waals surface area (Å²) in [5.41, 5.74) is 1.04. The van der Waals surface area contributed by atoms with Crippen molar-refractivity contribution in [3.63, 3.8) is 0 Å². The highest BCUT2D eigenvalue weighted by molar-refractivity contribution is 5.77. The summed E-state index contributed by atoms with van der Waals surface area (Å²) < 4.78 is 11.0. The summed E-state index contributed by atoms with van der Waals surface area (Å²) in [5.74, 6) is 1.74. The third kappa shape index (κ3) is 3.81. The van der Waals surface area contributed by atoms with Gasteiger partial charge in [0.2, 0.25) is 5.91 Å². The van der Waals surface area contributed by atoms with Crippen molar-refractivity contribution in [3.8, 4) is 0 Å². The molecule has 1 amide bonds. The minimum absolute atomic E-state index is 0.0134. The largest absolute Gasteiger partial charge is 0.466 e. The zero-order valence-electron chi connectivity index (χ0n) is 11.8. The van der Waals surface area contributed by atoms with E-state index in [4.69, 9.17) is 9.15 Å². The maximum atomic E-state index is 12.0. The molecule has 1 fully saturated rings. The Kier molecular flexibility index (Phi) is 4.61. The van der Waals surface area contributed by atoms with E-state index >= 15 is 0 Å². The Bertz CT molecular complexity index is 436. The molecule has 1 aliphatic heterocycles. The molecule has 106 valence electrons. The molecule has 2 unspecified atom stereocenters. The number of ether oxygens (including phenoxy) is 1. The highest BCUT2D eigenvalue weighted by atomic mass is 16.5. The number of carbonyl (C=O) groups is 1. The fourth-order valence-electron chi connectivity index (χ4n) is 2.42. The fourth-order valence-corrected chi connectivity index (χ4v) is 2.42. The molecule has 2 atom stereocenters. The van der Waals surface area contributed by atoms with Crippen molar-refractivity contribution < 1.29 is 13.9 Å². The van der Waals surface area contributed by atoms with Crippen LogP contribution in [0.15, 0.2) is 10.5 Å². The molecular formula is C14H22N2O3. The molecule has 5 nitrogen and oxygen atoms in total. The van der Waals surface area contributed by atoms with Crippen molar-refractivity contribution in [1.82, 2.24) is 10.6 Å². The molecule has 1 aliphatic rings. The standard InChI is InChI=1S/C14H22N2O3/c1-9-6-13(11(3)19-9)10(2)16-14(17)7-12-8-15-4-5-18-12/h6,10,12,15H,4-5,7-8H2,1-3H3,(H,16,17). The summed E-state index contributed by atoms with van der Waals surface area (Å²) in [5, 5.41) is 6.21. The van der Waals surface area contributed by atoms with Crippen molar-refractivity contribution in [1.29, 1.82) is 0 Å². The van der Waals surface area contributed by atoms with Crippen molar-refractivity contribution in [2.75, 3.05) is 19.7 Å². The van der Waals surface area contributed by atoms with E-state index in [1.807, 2.05) is 26.8 Å². The average Bonchev–Trinajstić information content (AvgIpc) is 2.69. The van der Waals surface area contributed by atoms with Gasteiger partial charge < -0.3 is 19.8 Å². The van der Waals surface area contributed by atoms with E-state index in [0.29, 0.717) is 13.0 Å². The maximum absolute atomic E-state index is 12.0. The molecule has 2 heterocycles. The van der Waals surface area contributed by atoms with Crippen molar-refractivity contribution in [2.24, 2.45) is 0 Å². The Balaban J connectivity index is 1.86. The van der Waals surface area contributed by atoms with Crippen LogP contribution in [-0.4, -0.2) is 31.7 Å². The van der Waals surface area contributed by atoms with Gasteiger partial charge in [0.1, 0.15) is 11.5 Å². The Labute approximate surface area is 113 Å². The molecule has 5 heteroatoms. The molecule has 0 radical (unpaired) electrons. The lowest BCUT2D eigenvalue weighted by atomic mass is 10.1. The molecule has 2 rings (SSSR count). The van der Waals surface area contributed by atoms with E-state index in [2.05, 4.69) is 10.6 Å². The topological polar surface area (TPSA) is 63.5 Å². The van der Waals surface area contributed by atoms with E-state index in [-0.39, 0.29) is 18.1 Å². The zero-order chi connectivity index (χ0) is 13.8. The van der Waals surface area contributed by atoms with Crippen molar-refractivity contribution in [3.05, 3.63) is 23.2 Å². The predicted molar refractivity (Wildman–Crippen MR) is 72.0 cm³/mol. The molecule has 1 aromatic heterocycles. The Hall–Kier alpha value is -1.33. The second kappa shape index (κ2) is 6.21. The Morgan fingerprint density at radius 3 is 2.95 bits per heavy atom. The van der Waals surface area contributed by atoms with Crippen LogP contribution in [0.2, 0.25) is 0 Å². The minimum atomic E-state index is -0.0403. The molecule has 0 saturated carbocycles. The van der Waals surface area contributed by atoms with Gasteiger partial charge >= 0.3 is 0 Å². The monoisotopic (exact) mass is 266 g/mol. The van der Waals surface area contributed by atoms with E-state index < -0.39 is 0 Å². The van der Waals surface area contributed by atoms with Gasteiger partial charge in [-0.1, -0.05) is 0 Å². The van der Waals surface area contributed by atoms with E-state index in [1.165, 1.54) is 0 Å². The van der Waals surface area contributed by atoms with Gasteiger partial charge in [-0.15, -0.1) is 0 Å². The van der Waals surface area contributed by atoms with Gasteiger partial charge in [0.15, 0.2) is 0 Å². The van der Waals surface area contributed by atoms with Crippen LogP contribution in [0.3, 0.4) is 0 Å². The number of carbonyl (C=O) groups excluding carboxylic acids is 1. The van der Waals surface area contributed by atoms with E-state index in [9.17, 15) is 4.79 Å². The number of hydrogen-bond acceptors (Lipinski definition) is 4. The molecule has 1 saturated heterocycles. The number of hydrogen-bond donors (Lipinski definition) is 2. The van der Waals surface area contributed by atoms with Crippen LogP contribution in [0.25, 0.3) is 0 Å². The third-order valence-corrected chi connectivity index (χ3v) is 3.34. The van der Waals surface area contributed by atoms with Gasteiger partial charge in [0.25, 0.3) is 0 Å². The van der Waals surface area contributed by atoms with Gasteiger partial charge in [-0.25, -0.2) is 0 Å². The normalized spacial score (nSPS) is 21.1. The average molecular weight is 266 g/mol. The smallest absolute Gasteiger partial charge is 0.223 e. The maximum Gasteiger partial charge on any atom is 0.223 e. The van der Waals surface area contributed by atoms with E-state index in [1.54, 1.807) is 0 Å². The Morgan fingerprint density at radius 1 is 1.58 bits per heavy atom. The first kappa shape index (κ1) is 14.1. The lowest BCUT2D eigenvalue weighted by Gasteiger charge is -2.23. The number of morpholine rings is 1. The van der Waals surface area contributed by atoms with Gasteiger partial charge in [0, 0.05) is 18.7 Å². The highest BCUT2D eigenvalue weighted by Crippen LogP contribution is 2.21.